The fraction of sp³-hybridized carbons (Fsp3) is 0.0909. The second kappa shape index (κ2) is 5.41. The van der Waals surface area contributed by atoms with E-state index in [-0.39, 0.29) is 5.95 Å². The molecule has 0 saturated carbocycles. The highest BCUT2D eigenvalue weighted by molar-refractivity contribution is 9.10. The number of nitrogens with one attached hydrogen (secondary N) is 2. The van der Waals surface area contributed by atoms with E-state index in [4.69, 9.17) is 17.3 Å². The molecule has 1 heterocycles. The number of halogens is 2. The van der Waals surface area contributed by atoms with Gasteiger partial charge >= 0.3 is 0 Å². The molecule has 0 aliphatic carbocycles. The summed E-state index contributed by atoms with van der Waals surface area (Å²) >= 11 is 9.35. The highest BCUT2D eigenvalue weighted by Gasteiger charge is 2.03. The molecule has 1 aromatic heterocycles. The van der Waals surface area contributed by atoms with Gasteiger partial charge in [0.15, 0.2) is 0 Å². The quantitative estimate of drug-likeness (QED) is 0.806. The summed E-state index contributed by atoms with van der Waals surface area (Å²) in [7, 11) is 1.77. The summed E-state index contributed by atoms with van der Waals surface area (Å²) in [4.78, 5) is 8.10. The van der Waals surface area contributed by atoms with Crippen molar-refractivity contribution in [2.45, 2.75) is 0 Å². The number of hydrogen-bond acceptors (Lipinski definition) is 5. The monoisotopic (exact) mass is 327 g/mol. The van der Waals surface area contributed by atoms with E-state index in [0.717, 1.165) is 10.2 Å². The number of nitrogen functional groups attached to an aromatic ring is 1. The lowest BCUT2D eigenvalue weighted by Gasteiger charge is -2.08. The lowest BCUT2D eigenvalue weighted by atomic mass is 10.3. The smallest absolute Gasteiger partial charge is 0.223 e. The molecule has 5 nitrogen and oxygen atoms in total. The maximum atomic E-state index is 6.01. The molecule has 2 aromatic rings. The van der Waals surface area contributed by atoms with E-state index in [1.54, 1.807) is 19.2 Å². The fourth-order valence-electron chi connectivity index (χ4n) is 1.38. The summed E-state index contributed by atoms with van der Waals surface area (Å²) < 4.78 is 0.841. The molecule has 18 heavy (non-hydrogen) atoms. The van der Waals surface area contributed by atoms with Crippen molar-refractivity contribution in [1.82, 2.24) is 9.97 Å². The van der Waals surface area contributed by atoms with Crippen molar-refractivity contribution in [3.8, 4) is 0 Å². The summed E-state index contributed by atoms with van der Waals surface area (Å²) in [5.74, 6) is 1.45. The molecule has 0 amide bonds. The average molecular weight is 329 g/mol. The van der Waals surface area contributed by atoms with Gasteiger partial charge in [-0.05, 0) is 34.1 Å². The van der Waals surface area contributed by atoms with E-state index in [9.17, 15) is 0 Å². The lowest BCUT2D eigenvalue weighted by molar-refractivity contribution is 1.17. The molecule has 0 bridgehead atoms. The van der Waals surface area contributed by atoms with Gasteiger partial charge in [-0.3, -0.25) is 0 Å². The zero-order valence-corrected chi connectivity index (χ0v) is 11.9. The maximum Gasteiger partial charge on any atom is 0.223 e. The van der Waals surface area contributed by atoms with Gasteiger partial charge in [-0.15, -0.1) is 0 Å². The van der Waals surface area contributed by atoms with E-state index in [2.05, 4.69) is 36.5 Å². The molecule has 0 radical (unpaired) electrons. The first-order chi connectivity index (χ1) is 8.58. The molecule has 0 atom stereocenters. The third kappa shape index (κ3) is 3.02. The van der Waals surface area contributed by atoms with Crippen LogP contribution in [0.5, 0.6) is 0 Å². The highest BCUT2D eigenvalue weighted by atomic mass is 79.9. The molecule has 0 unspecified atom stereocenters. The molecule has 0 fully saturated rings. The van der Waals surface area contributed by atoms with Gasteiger partial charge in [-0.25, -0.2) is 0 Å². The minimum Gasteiger partial charge on any atom is -0.373 e. The van der Waals surface area contributed by atoms with Crippen molar-refractivity contribution in [2.24, 2.45) is 0 Å². The van der Waals surface area contributed by atoms with Gasteiger partial charge in [0.1, 0.15) is 11.6 Å². The SMILES string of the molecule is CNc1cc(Nc2ccc(Br)c(Cl)c2)nc(N)n1. The van der Waals surface area contributed by atoms with E-state index >= 15 is 0 Å². The Bertz CT molecular complexity index is 575. The fourth-order valence-corrected chi connectivity index (χ4v) is 1.81. The topological polar surface area (TPSA) is 75.9 Å². The van der Waals surface area contributed by atoms with Crippen LogP contribution < -0.4 is 16.4 Å². The van der Waals surface area contributed by atoms with Gasteiger partial charge < -0.3 is 16.4 Å². The van der Waals surface area contributed by atoms with Crippen LogP contribution in [0.1, 0.15) is 0 Å². The molecule has 0 spiro atoms. The third-order valence-corrected chi connectivity index (χ3v) is 3.42. The summed E-state index contributed by atoms with van der Waals surface area (Å²) in [6.45, 7) is 0. The van der Waals surface area contributed by atoms with Crippen molar-refractivity contribution in [3.63, 3.8) is 0 Å². The van der Waals surface area contributed by atoms with Gasteiger partial charge in [0, 0.05) is 23.3 Å². The molecule has 0 saturated heterocycles. The summed E-state index contributed by atoms with van der Waals surface area (Å²) in [5, 5.41) is 6.64. The van der Waals surface area contributed by atoms with Crippen LogP contribution in [0.25, 0.3) is 0 Å². The first-order valence-corrected chi connectivity index (χ1v) is 6.30. The molecule has 1 aromatic carbocycles. The first-order valence-electron chi connectivity index (χ1n) is 5.13. The molecule has 4 N–H and O–H groups in total. The molecule has 94 valence electrons. The highest BCUT2D eigenvalue weighted by Crippen LogP contribution is 2.27. The summed E-state index contributed by atoms with van der Waals surface area (Å²) in [5.41, 5.74) is 6.43. The summed E-state index contributed by atoms with van der Waals surface area (Å²) in [6.07, 6.45) is 0. The largest absolute Gasteiger partial charge is 0.373 e. The van der Waals surface area contributed by atoms with Gasteiger partial charge in [0.25, 0.3) is 0 Å². The maximum absolute atomic E-state index is 6.01. The predicted octanol–water partition coefficient (Wildman–Crippen LogP) is 3.26. The molecule has 2 rings (SSSR count). The van der Waals surface area contributed by atoms with Crippen LogP contribution in [-0.4, -0.2) is 17.0 Å². The van der Waals surface area contributed by atoms with Gasteiger partial charge in [0.2, 0.25) is 5.95 Å². The van der Waals surface area contributed by atoms with Crippen LogP contribution in [0.4, 0.5) is 23.3 Å². The Balaban J connectivity index is 2.27. The number of rotatable bonds is 3. The number of benzene rings is 1. The zero-order valence-electron chi connectivity index (χ0n) is 9.54. The van der Waals surface area contributed by atoms with Crippen LogP contribution in [0.2, 0.25) is 5.02 Å². The van der Waals surface area contributed by atoms with Crippen LogP contribution in [0, 0.1) is 0 Å². The van der Waals surface area contributed by atoms with Crippen LogP contribution >= 0.6 is 27.5 Å². The van der Waals surface area contributed by atoms with Crippen LogP contribution in [0.15, 0.2) is 28.7 Å². The standard InChI is InChI=1S/C11H11BrClN5/c1-15-9-5-10(18-11(14)17-9)16-6-2-3-7(12)8(13)4-6/h2-5H,1H3,(H4,14,15,16,17,18). The Morgan fingerprint density at radius 2 is 1.94 bits per heavy atom. The number of nitrogens with two attached hydrogens (primary N) is 1. The van der Waals surface area contributed by atoms with Crippen molar-refractivity contribution in [1.29, 1.82) is 0 Å². The van der Waals surface area contributed by atoms with Crippen LogP contribution in [0.3, 0.4) is 0 Å². The van der Waals surface area contributed by atoms with E-state index in [0.29, 0.717) is 16.7 Å². The summed E-state index contributed by atoms with van der Waals surface area (Å²) in [6, 6.07) is 7.29. The molecule has 0 aliphatic rings. The normalized spacial score (nSPS) is 10.2. The minimum absolute atomic E-state index is 0.201. The number of aromatic nitrogens is 2. The van der Waals surface area contributed by atoms with Gasteiger partial charge in [0.05, 0.1) is 5.02 Å². The van der Waals surface area contributed by atoms with E-state index in [1.807, 2.05) is 12.1 Å². The number of hydrogen-bond donors (Lipinski definition) is 3. The number of anilines is 4. The van der Waals surface area contributed by atoms with Crippen molar-refractivity contribution in [3.05, 3.63) is 33.8 Å². The Hall–Kier alpha value is -1.53. The Labute approximate surface area is 118 Å². The lowest BCUT2D eigenvalue weighted by Crippen LogP contribution is -2.03. The molecule has 0 aliphatic heterocycles. The Morgan fingerprint density at radius 1 is 1.22 bits per heavy atom. The molecular formula is C11H11BrClN5. The van der Waals surface area contributed by atoms with E-state index < -0.39 is 0 Å². The average Bonchev–Trinajstić information content (AvgIpc) is 2.33. The van der Waals surface area contributed by atoms with Crippen molar-refractivity contribution < 1.29 is 0 Å². The Kier molecular flexibility index (Phi) is 3.88. The van der Waals surface area contributed by atoms with Crippen molar-refractivity contribution in [2.75, 3.05) is 23.4 Å². The second-order valence-electron chi connectivity index (χ2n) is 3.50. The first kappa shape index (κ1) is 12.9. The van der Waals surface area contributed by atoms with E-state index in [1.165, 1.54) is 0 Å². The van der Waals surface area contributed by atoms with Gasteiger partial charge in [-0.1, -0.05) is 11.6 Å². The second-order valence-corrected chi connectivity index (χ2v) is 4.76. The number of nitrogens with zero attached hydrogens (tertiary/aromatic N) is 2. The molecular weight excluding hydrogens is 318 g/mol. The third-order valence-electron chi connectivity index (χ3n) is 2.19. The predicted molar refractivity (Wildman–Crippen MR) is 78.4 cm³/mol. The van der Waals surface area contributed by atoms with Crippen LogP contribution in [-0.2, 0) is 0 Å². The zero-order chi connectivity index (χ0) is 13.1. The Morgan fingerprint density at radius 3 is 2.61 bits per heavy atom. The minimum atomic E-state index is 0.201. The molecule has 7 heteroatoms. The van der Waals surface area contributed by atoms with Crippen molar-refractivity contribution >= 4 is 50.8 Å². The van der Waals surface area contributed by atoms with Gasteiger partial charge in [-0.2, -0.15) is 9.97 Å².